The molecule has 6 nitrogen and oxygen atoms in total. The standard InChI is InChI=1S/C10H15N5O/c1-3-11-5-4-8-13-10-12-7(2)6-9(16)15(10)14-8/h6,11H,3-5H2,1-2H3,(H,12,13,14). The zero-order valence-corrected chi connectivity index (χ0v) is 9.45. The monoisotopic (exact) mass is 221 g/mol. The molecule has 0 radical (unpaired) electrons. The first-order valence-electron chi connectivity index (χ1n) is 5.36. The molecule has 6 heteroatoms. The molecule has 0 unspecified atom stereocenters. The Morgan fingerprint density at radius 1 is 1.50 bits per heavy atom. The third kappa shape index (κ3) is 2.11. The summed E-state index contributed by atoms with van der Waals surface area (Å²) in [7, 11) is 0. The third-order valence-electron chi connectivity index (χ3n) is 2.29. The van der Waals surface area contributed by atoms with Gasteiger partial charge in [0.1, 0.15) is 5.82 Å². The van der Waals surface area contributed by atoms with Crippen LogP contribution in [0.2, 0.25) is 0 Å². The molecule has 0 bridgehead atoms. The van der Waals surface area contributed by atoms with Crippen molar-refractivity contribution in [1.82, 2.24) is 24.9 Å². The summed E-state index contributed by atoms with van der Waals surface area (Å²) in [5, 5.41) is 6.14. The van der Waals surface area contributed by atoms with Gasteiger partial charge in [0, 0.05) is 24.7 Å². The number of aromatic nitrogens is 4. The van der Waals surface area contributed by atoms with Crippen LogP contribution in [0.4, 0.5) is 0 Å². The average molecular weight is 221 g/mol. The Kier molecular flexibility index (Phi) is 3.00. The number of likely N-dealkylation sites (N-methyl/N-ethyl adjacent to an activating group) is 1. The zero-order chi connectivity index (χ0) is 11.5. The van der Waals surface area contributed by atoms with Crippen molar-refractivity contribution in [2.75, 3.05) is 13.1 Å². The molecule has 0 aliphatic heterocycles. The Labute approximate surface area is 92.7 Å². The van der Waals surface area contributed by atoms with Crippen LogP contribution in [0, 0.1) is 6.92 Å². The second kappa shape index (κ2) is 4.44. The van der Waals surface area contributed by atoms with Crippen LogP contribution in [0.25, 0.3) is 5.78 Å². The quantitative estimate of drug-likeness (QED) is 0.706. The van der Waals surface area contributed by atoms with Gasteiger partial charge in [-0.15, -0.1) is 0 Å². The lowest BCUT2D eigenvalue weighted by Gasteiger charge is -1.96. The van der Waals surface area contributed by atoms with Crippen LogP contribution in [-0.2, 0) is 6.42 Å². The number of nitrogens with one attached hydrogen (secondary N) is 2. The van der Waals surface area contributed by atoms with Crippen molar-refractivity contribution in [3.63, 3.8) is 0 Å². The van der Waals surface area contributed by atoms with E-state index in [2.05, 4.69) is 20.4 Å². The molecule has 0 aliphatic carbocycles. The zero-order valence-electron chi connectivity index (χ0n) is 9.45. The second-order valence-electron chi connectivity index (χ2n) is 3.65. The van der Waals surface area contributed by atoms with Gasteiger partial charge >= 0.3 is 0 Å². The van der Waals surface area contributed by atoms with Crippen LogP contribution in [-0.4, -0.2) is 32.7 Å². The van der Waals surface area contributed by atoms with Crippen LogP contribution in [0.1, 0.15) is 18.4 Å². The molecular weight excluding hydrogens is 206 g/mol. The molecule has 16 heavy (non-hydrogen) atoms. The number of nitrogens with zero attached hydrogens (tertiary/aromatic N) is 3. The lowest BCUT2D eigenvalue weighted by atomic mass is 10.4. The van der Waals surface area contributed by atoms with Crippen molar-refractivity contribution in [3.05, 3.63) is 27.9 Å². The minimum absolute atomic E-state index is 0.121. The third-order valence-corrected chi connectivity index (χ3v) is 2.29. The first-order chi connectivity index (χ1) is 7.70. The minimum atomic E-state index is -0.121. The maximum absolute atomic E-state index is 11.6. The Bertz CT molecular complexity index is 542. The van der Waals surface area contributed by atoms with Crippen molar-refractivity contribution in [2.24, 2.45) is 0 Å². The highest BCUT2D eigenvalue weighted by molar-refractivity contribution is 5.27. The molecule has 0 saturated heterocycles. The number of fused-ring (bicyclic) bond motifs is 1. The van der Waals surface area contributed by atoms with E-state index in [9.17, 15) is 4.79 Å². The molecule has 0 spiro atoms. The molecule has 2 N–H and O–H groups in total. The second-order valence-corrected chi connectivity index (χ2v) is 3.65. The molecule has 0 aromatic carbocycles. The molecule has 0 atom stereocenters. The Hall–Kier alpha value is -1.69. The summed E-state index contributed by atoms with van der Waals surface area (Å²) in [6, 6.07) is 1.49. The Balaban J connectivity index is 2.29. The lowest BCUT2D eigenvalue weighted by molar-refractivity contribution is 0.693. The predicted octanol–water partition coefficient (Wildman–Crippen LogP) is -0.122. The Morgan fingerprint density at radius 2 is 2.31 bits per heavy atom. The molecule has 0 fully saturated rings. The van der Waals surface area contributed by atoms with Crippen LogP contribution >= 0.6 is 0 Å². The molecule has 86 valence electrons. The fourth-order valence-electron chi connectivity index (χ4n) is 1.53. The highest BCUT2D eigenvalue weighted by atomic mass is 16.1. The summed E-state index contributed by atoms with van der Waals surface area (Å²) in [5.41, 5.74) is 0.569. The number of H-pyrrole nitrogens is 1. The lowest BCUT2D eigenvalue weighted by Crippen LogP contribution is -2.17. The summed E-state index contributed by atoms with van der Waals surface area (Å²) in [5.74, 6) is 1.22. The molecule has 0 saturated carbocycles. The van der Waals surface area contributed by atoms with Gasteiger partial charge < -0.3 is 5.32 Å². The van der Waals surface area contributed by atoms with E-state index >= 15 is 0 Å². The molecule has 2 heterocycles. The SMILES string of the molecule is CCNCCc1nc2nc(C)cc(=O)n2[nH]1. The van der Waals surface area contributed by atoms with Crippen molar-refractivity contribution in [3.8, 4) is 0 Å². The van der Waals surface area contributed by atoms with Crippen LogP contribution in [0.15, 0.2) is 10.9 Å². The fourth-order valence-corrected chi connectivity index (χ4v) is 1.53. The van der Waals surface area contributed by atoms with Gasteiger partial charge in [-0.2, -0.15) is 9.50 Å². The number of hydrogen-bond donors (Lipinski definition) is 2. The van der Waals surface area contributed by atoms with E-state index in [0.29, 0.717) is 11.5 Å². The van der Waals surface area contributed by atoms with Gasteiger partial charge in [-0.1, -0.05) is 6.92 Å². The van der Waals surface area contributed by atoms with Gasteiger partial charge in [-0.3, -0.25) is 9.89 Å². The van der Waals surface area contributed by atoms with Gasteiger partial charge in [-0.05, 0) is 13.5 Å². The summed E-state index contributed by atoms with van der Waals surface area (Å²) in [6.07, 6.45) is 0.760. The summed E-state index contributed by atoms with van der Waals surface area (Å²) >= 11 is 0. The maximum Gasteiger partial charge on any atom is 0.274 e. The van der Waals surface area contributed by atoms with Crippen molar-refractivity contribution in [2.45, 2.75) is 20.3 Å². The Morgan fingerprint density at radius 3 is 3.06 bits per heavy atom. The molecule has 0 aliphatic rings. The van der Waals surface area contributed by atoms with E-state index < -0.39 is 0 Å². The molecular formula is C10H15N5O. The minimum Gasteiger partial charge on any atom is -0.317 e. The van der Waals surface area contributed by atoms with Crippen LogP contribution in [0.3, 0.4) is 0 Å². The highest BCUT2D eigenvalue weighted by Gasteiger charge is 2.05. The van der Waals surface area contributed by atoms with Crippen molar-refractivity contribution < 1.29 is 0 Å². The topological polar surface area (TPSA) is 75.1 Å². The van der Waals surface area contributed by atoms with Crippen molar-refractivity contribution in [1.29, 1.82) is 0 Å². The average Bonchev–Trinajstić information content (AvgIpc) is 2.61. The van der Waals surface area contributed by atoms with Crippen LogP contribution < -0.4 is 10.9 Å². The summed E-state index contributed by atoms with van der Waals surface area (Å²) in [4.78, 5) is 20.0. The summed E-state index contributed by atoms with van der Waals surface area (Å²) in [6.45, 7) is 5.60. The fraction of sp³-hybridized carbons (Fsp3) is 0.500. The largest absolute Gasteiger partial charge is 0.317 e. The first kappa shape index (κ1) is 10.8. The van der Waals surface area contributed by atoms with Crippen molar-refractivity contribution >= 4 is 5.78 Å². The van der Waals surface area contributed by atoms with Gasteiger partial charge in [0.25, 0.3) is 11.3 Å². The smallest absolute Gasteiger partial charge is 0.274 e. The number of aromatic amines is 1. The number of hydrogen-bond acceptors (Lipinski definition) is 4. The van der Waals surface area contributed by atoms with Gasteiger partial charge in [0.15, 0.2) is 0 Å². The van der Waals surface area contributed by atoms with E-state index in [-0.39, 0.29) is 5.56 Å². The van der Waals surface area contributed by atoms with Gasteiger partial charge in [-0.25, -0.2) is 4.98 Å². The summed E-state index contributed by atoms with van der Waals surface area (Å²) < 4.78 is 1.37. The first-order valence-corrected chi connectivity index (χ1v) is 5.36. The molecule has 2 rings (SSSR count). The molecule has 0 amide bonds. The predicted molar refractivity (Wildman–Crippen MR) is 60.6 cm³/mol. The van der Waals surface area contributed by atoms with E-state index in [0.717, 1.165) is 25.3 Å². The number of aryl methyl sites for hydroxylation is 1. The van der Waals surface area contributed by atoms with Gasteiger partial charge in [0.2, 0.25) is 0 Å². The molecule has 2 aromatic rings. The molecule has 2 aromatic heterocycles. The van der Waals surface area contributed by atoms with E-state index in [4.69, 9.17) is 0 Å². The van der Waals surface area contributed by atoms with Gasteiger partial charge in [0.05, 0.1) is 0 Å². The highest BCUT2D eigenvalue weighted by Crippen LogP contribution is 1.96. The van der Waals surface area contributed by atoms with E-state index in [1.54, 1.807) is 6.92 Å². The van der Waals surface area contributed by atoms with E-state index in [1.807, 2.05) is 6.92 Å². The van der Waals surface area contributed by atoms with Crippen LogP contribution in [0.5, 0.6) is 0 Å². The maximum atomic E-state index is 11.6. The van der Waals surface area contributed by atoms with E-state index in [1.165, 1.54) is 10.6 Å². The number of rotatable bonds is 4. The normalized spacial score (nSPS) is 11.1.